The predicted octanol–water partition coefficient (Wildman–Crippen LogP) is 2.45. The SMILES string of the molecule is CCCNCc1ccc(OCCN2CCCCC2)nc1. The maximum atomic E-state index is 5.72. The summed E-state index contributed by atoms with van der Waals surface area (Å²) in [6, 6.07) is 4.06. The lowest BCUT2D eigenvalue weighted by Crippen LogP contribution is -2.33. The summed E-state index contributed by atoms with van der Waals surface area (Å²) in [4.78, 5) is 6.84. The zero-order chi connectivity index (χ0) is 14.0. The second-order valence-electron chi connectivity index (χ2n) is 5.43. The number of nitrogens with one attached hydrogen (secondary N) is 1. The van der Waals surface area contributed by atoms with Crippen molar-refractivity contribution in [1.29, 1.82) is 0 Å². The van der Waals surface area contributed by atoms with E-state index >= 15 is 0 Å². The summed E-state index contributed by atoms with van der Waals surface area (Å²) in [6.07, 6.45) is 7.10. The monoisotopic (exact) mass is 277 g/mol. The lowest BCUT2D eigenvalue weighted by atomic mass is 10.1. The third-order valence-electron chi connectivity index (χ3n) is 3.66. The molecule has 1 aliphatic rings. The number of rotatable bonds is 8. The Morgan fingerprint density at radius 2 is 2.10 bits per heavy atom. The Labute approximate surface area is 122 Å². The fourth-order valence-corrected chi connectivity index (χ4v) is 2.47. The number of likely N-dealkylation sites (tertiary alicyclic amines) is 1. The molecule has 1 aromatic rings. The van der Waals surface area contributed by atoms with E-state index in [1.165, 1.54) is 37.9 Å². The van der Waals surface area contributed by atoms with E-state index in [4.69, 9.17) is 4.74 Å². The topological polar surface area (TPSA) is 37.4 Å². The lowest BCUT2D eigenvalue weighted by molar-refractivity contribution is 0.180. The van der Waals surface area contributed by atoms with E-state index < -0.39 is 0 Å². The Hall–Kier alpha value is -1.13. The number of pyridine rings is 1. The van der Waals surface area contributed by atoms with Crippen LogP contribution in [0.1, 0.15) is 38.2 Å². The van der Waals surface area contributed by atoms with E-state index in [9.17, 15) is 0 Å². The number of hydrogen-bond donors (Lipinski definition) is 1. The molecule has 1 fully saturated rings. The van der Waals surface area contributed by atoms with Crippen LogP contribution in [0.25, 0.3) is 0 Å². The molecule has 0 amide bonds. The van der Waals surface area contributed by atoms with E-state index in [1.807, 2.05) is 12.3 Å². The Bertz CT molecular complexity index is 360. The first-order valence-electron chi connectivity index (χ1n) is 7.89. The molecule has 0 radical (unpaired) electrons. The Morgan fingerprint density at radius 3 is 2.80 bits per heavy atom. The highest BCUT2D eigenvalue weighted by Crippen LogP contribution is 2.10. The van der Waals surface area contributed by atoms with Gasteiger partial charge in [0.1, 0.15) is 6.61 Å². The van der Waals surface area contributed by atoms with Gasteiger partial charge in [0.2, 0.25) is 5.88 Å². The minimum Gasteiger partial charge on any atom is -0.476 e. The van der Waals surface area contributed by atoms with Crippen molar-refractivity contribution in [2.24, 2.45) is 0 Å². The van der Waals surface area contributed by atoms with Crippen molar-refractivity contribution in [3.8, 4) is 5.88 Å². The molecular weight excluding hydrogens is 250 g/mol. The molecule has 0 bridgehead atoms. The fraction of sp³-hybridized carbons (Fsp3) is 0.688. The third-order valence-corrected chi connectivity index (χ3v) is 3.66. The van der Waals surface area contributed by atoms with Gasteiger partial charge in [-0.1, -0.05) is 19.4 Å². The summed E-state index contributed by atoms with van der Waals surface area (Å²) < 4.78 is 5.72. The maximum absolute atomic E-state index is 5.72. The summed E-state index contributed by atoms with van der Waals surface area (Å²) >= 11 is 0. The van der Waals surface area contributed by atoms with Gasteiger partial charge in [-0.15, -0.1) is 0 Å². The highest BCUT2D eigenvalue weighted by Gasteiger charge is 2.09. The van der Waals surface area contributed by atoms with Gasteiger partial charge in [0.05, 0.1) is 0 Å². The summed E-state index contributed by atoms with van der Waals surface area (Å²) in [5, 5.41) is 3.37. The minimum atomic E-state index is 0.737. The van der Waals surface area contributed by atoms with Gasteiger partial charge in [-0.25, -0.2) is 4.98 Å². The molecule has 0 aromatic carbocycles. The van der Waals surface area contributed by atoms with Gasteiger partial charge in [-0.05, 0) is 44.5 Å². The average molecular weight is 277 g/mol. The lowest BCUT2D eigenvalue weighted by Gasteiger charge is -2.26. The van der Waals surface area contributed by atoms with Crippen molar-refractivity contribution in [1.82, 2.24) is 15.2 Å². The third kappa shape index (κ3) is 5.47. The molecule has 1 aromatic heterocycles. The van der Waals surface area contributed by atoms with Crippen LogP contribution in [0.2, 0.25) is 0 Å². The molecule has 2 heterocycles. The van der Waals surface area contributed by atoms with E-state index in [-0.39, 0.29) is 0 Å². The number of ether oxygens (including phenoxy) is 1. The van der Waals surface area contributed by atoms with Crippen LogP contribution in [0, 0.1) is 0 Å². The highest BCUT2D eigenvalue weighted by molar-refractivity contribution is 5.17. The minimum absolute atomic E-state index is 0.737. The van der Waals surface area contributed by atoms with Crippen LogP contribution in [0.3, 0.4) is 0 Å². The first-order chi connectivity index (χ1) is 9.88. The van der Waals surface area contributed by atoms with Crippen molar-refractivity contribution in [2.75, 3.05) is 32.8 Å². The second kappa shape index (κ2) is 8.93. The van der Waals surface area contributed by atoms with E-state index in [0.717, 1.165) is 38.5 Å². The highest BCUT2D eigenvalue weighted by atomic mass is 16.5. The fourth-order valence-electron chi connectivity index (χ4n) is 2.47. The van der Waals surface area contributed by atoms with Gasteiger partial charge >= 0.3 is 0 Å². The van der Waals surface area contributed by atoms with Crippen molar-refractivity contribution >= 4 is 0 Å². The number of aromatic nitrogens is 1. The molecule has 1 N–H and O–H groups in total. The van der Waals surface area contributed by atoms with Gasteiger partial charge < -0.3 is 10.1 Å². The van der Waals surface area contributed by atoms with E-state index in [0.29, 0.717) is 0 Å². The molecule has 4 nitrogen and oxygen atoms in total. The summed E-state index contributed by atoms with van der Waals surface area (Å²) in [5.74, 6) is 0.737. The smallest absolute Gasteiger partial charge is 0.213 e. The molecule has 1 saturated heterocycles. The van der Waals surface area contributed by atoms with Crippen LogP contribution in [0.15, 0.2) is 18.3 Å². The summed E-state index contributed by atoms with van der Waals surface area (Å²) in [6.45, 7) is 8.30. The molecule has 0 saturated carbocycles. The van der Waals surface area contributed by atoms with Crippen LogP contribution < -0.4 is 10.1 Å². The molecule has 0 atom stereocenters. The Morgan fingerprint density at radius 1 is 1.25 bits per heavy atom. The van der Waals surface area contributed by atoms with E-state index in [1.54, 1.807) is 0 Å². The Balaban J connectivity index is 1.65. The standard InChI is InChI=1S/C16H27N3O/c1-2-8-17-13-15-6-7-16(18-14-15)20-12-11-19-9-4-3-5-10-19/h6-7,14,17H,2-5,8-13H2,1H3. The molecular formula is C16H27N3O. The molecule has 112 valence electrons. The van der Waals surface area contributed by atoms with Gasteiger partial charge in [-0.3, -0.25) is 4.90 Å². The molecule has 2 rings (SSSR count). The van der Waals surface area contributed by atoms with Crippen molar-refractivity contribution < 1.29 is 4.74 Å². The van der Waals surface area contributed by atoms with Crippen molar-refractivity contribution in [3.63, 3.8) is 0 Å². The summed E-state index contributed by atoms with van der Waals surface area (Å²) in [5.41, 5.74) is 1.21. The normalized spacial score (nSPS) is 16.2. The molecule has 0 spiro atoms. The molecule has 0 aliphatic carbocycles. The number of piperidine rings is 1. The van der Waals surface area contributed by atoms with E-state index in [2.05, 4.69) is 28.2 Å². The maximum Gasteiger partial charge on any atom is 0.213 e. The van der Waals surface area contributed by atoms with Gasteiger partial charge in [0.15, 0.2) is 0 Å². The van der Waals surface area contributed by atoms with Gasteiger partial charge in [0, 0.05) is 25.4 Å². The first kappa shape index (κ1) is 15.3. The second-order valence-corrected chi connectivity index (χ2v) is 5.43. The van der Waals surface area contributed by atoms with Crippen molar-refractivity contribution in [2.45, 2.75) is 39.2 Å². The molecule has 20 heavy (non-hydrogen) atoms. The summed E-state index contributed by atoms with van der Waals surface area (Å²) in [7, 11) is 0. The quantitative estimate of drug-likeness (QED) is 0.741. The molecule has 0 unspecified atom stereocenters. The average Bonchev–Trinajstić information content (AvgIpc) is 2.50. The largest absolute Gasteiger partial charge is 0.476 e. The van der Waals surface area contributed by atoms with Crippen molar-refractivity contribution in [3.05, 3.63) is 23.9 Å². The van der Waals surface area contributed by atoms with Crippen LogP contribution in [0.5, 0.6) is 5.88 Å². The zero-order valence-corrected chi connectivity index (χ0v) is 12.6. The van der Waals surface area contributed by atoms with Crippen LogP contribution in [0.4, 0.5) is 0 Å². The first-order valence-corrected chi connectivity index (χ1v) is 7.89. The molecule has 4 heteroatoms. The molecule has 1 aliphatic heterocycles. The Kier molecular flexibility index (Phi) is 6.81. The van der Waals surface area contributed by atoms with Crippen LogP contribution in [-0.4, -0.2) is 42.7 Å². The van der Waals surface area contributed by atoms with Crippen LogP contribution in [-0.2, 0) is 6.54 Å². The zero-order valence-electron chi connectivity index (χ0n) is 12.6. The predicted molar refractivity (Wildman–Crippen MR) is 82.0 cm³/mol. The number of hydrogen-bond acceptors (Lipinski definition) is 4. The van der Waals surface area contributed by atoms with Crippen LogP contribution >= 0.6 is 0 Å². The number of nitrogens with zero attached hydrogens (tertiary/aromatic N) is 2. The van der Waals surface area contributed by atoms with Gasteiger partial charge in [-0.2, -0.15) is 0 Å². The van der Waals surface area contributed by atoms with Gasteiger partial charge in [0.25, 0.3) is 0 Å².